The molecule has 17 nitrogen and oxygen atoms in total. The summed E-state index contributed by atoms with van der Waals surface area (Å²) < 4.78 is 51.8. The van der Waals surface area contributed by atoms with Gasteiger partial charge in [-0.25, -0.2) is 24.5 Å². The molecule has 2 amide bonds. The average molecular weight is 999 g/mol. The van der Waals surface area contributed by atoms with Crippen molar-refractivity contribution in [2.24, 2.45) is 11.8 Å². The van der Waals surface area contributed by atoms with Crippen LogP contribution in [0.3, 0.4) is 0 Å². The topological polar surface area (TPSA) is 193 Å². The second kappa shape index (κ2) is 25.9. The Balaban J connectivity index is 0.928. The van der Waals surface area contributed by atoms with Crippen LogP contribution in [0.1, 0.15) is 82.4 Å². The van der Waals surface area contributed by atoms with Gasteiger partial charge >= 0.3 is 18.0 Å². The maximum absolute atomic E-state index is 13.9. The molecule has 8 rings (SSSR count). The maximum Gasteiger partial charge on any atom is 0.332 e. The smallest absolute Gasteiger partial charge is 0.332 e. The van der Waals surface area contributed by atoms with E-state index < -0.39 is 54.8 Å². The van der Waals surface area contributed by atoms with Crippen LogP contribution in [-0.4, -0.2) is 93.1 Å². The predicted octanol–water partition coefficient (Wildman–Crippen LogP) is 8.87. The first-order chi connectivity index (χ1) is 35.5. The van der Waals surface area contributed by atoms with E-state index >= 15 is 0 Å². The third kappa shape index (κ3) is 14.6. The van der Waals surface area contributed by atoms with Gasteiger partial charge < -0.3 is 43.2 Å². The maximum atomic E-state index is 13.9. The van der Waals surface area contributed by atoms with Crippen LogP contribution in [0.5, 0.6) is 0 Å². The molecule has 0 aliphatic carbocycles. The monoisotopic (exact) mass is 998 g/mol. The van der Waals surface area contributed by atoms with Crippen molar-refractivity contribution in [3.63, 3.8) is 0 Å². The Morgan fingerprint density at radius 1 is 0.712 bits per heavy atom. The summed E-state index contributed by atoms with van der Waals surface area (Å²) in [5.74, 6) is -1.12. The number of hydrogen-bond donors (Lipinski definition) is 2. The van der Waals surface area contributed by atoms with Crippen molar-refractivity contribution in [1.29, 1.82) is 0 Å². The van der Waals surface area contributed by atoms with Crippen LogP contribution < -0.4 is 10.6 Å². The van der Waals surface area contributed by atoms with Gasteiger partial charge in [0.2, 0.25) is 0 Å². The average Bonchev–Trinajstić information content (AvgIpc) is 3.84. The molecule has 3 unspecified atom stereocenters. The number of ether oxygens (including phenoxy) is 8. The van der Waals surface area contributed by atoms with Crippen LogP contribution in [0.25, 0.3) is 11.2 Å². The van der Waals surface area contributed by atoms with E-state index in [1.165, 1.54) is 13.3 Å². The summed E-state index contributed by atoms with van der Waals surface area (Å²) in [6, 6.07) is 36.6. The Kier molecular flexibility index (Phi) is 18.7. The fourth-order valence-corrected chi connectivity index (χ4v) is 8.83. The number of aromatic nitrogens is 4. The summed E-state index contributed by atoms with van der Waals surface area (Å²) in [4.78, 5) is 54.7. The first kappa shape index (κ1) is 52.7. The highest BCUT2D eigenvalue weighted by Gasteiger charge is 2.43. The normalized spacial score (nSPS) is 23.2. The van der Waals surface area contributed by atoms with Crippen molar-refractivity contribution >= 4 is 35.0 Å². The Labute approximate surface area is 426 Å². The number of amides is 2. The minimum absolute atomic E-state index is 0.0220. The molecule has 2 saturated heterocycles. The number of rotatable bonds is 22. The Hall–Kier alpha value is -6.60. The predicted molar refractivity (Wildman–Crippen MR) is 270 cm³/mol. The number of nitrogens with one attached hydrogen (secondary N) is 2. The number of carbonyl (C=O) groups is 3. The van der Waals surface area contributed by atoms with E-state index in [1.807, 2.05) is 123 Å². The first-order valence-corrected chi connectivity index (χ1v) is 25.0. The lowest BCUT2D eigenvalue weighted by atomic mass is 9.95. The molecule has 2 aliphatic heterocycles. The lowest BCUT2D eigenvalue weighted by Crippen LogP contribution is -2.51. The van der Waals surface area contributed by atoms with E-state index in [2.05, 4.69) is 39.4 Å². The largest absolute Gasteiger partial charge is 0.460 e. The number of fused-ring (bicyclic) bond motifs is 1. The lowest BCUT2D eigenvalue weighted by molar-refractivity contribution is -0.275. The van der Waals surface area contributed by atoms with Gasteiger partial charge in [-0.2, -0.15) is 0 Å². The number of nitrogens with zero attached hydrogens (tertiary/aromatic N) is 4. The fourth-order valence-electron chi connectivity index (χ4n) is 8.83. The zero-order chi connectivity index (χ0) is 51.1. The summed E-state index contributed by atoms with van der Waals surface area (Å²) in [7, 11) is 0. The summed E-state index contributed by atoms with van der Waals surface area (Å²) in [5, 5.41) is 5.39. The summed E-state index contributed by atoms with van der Waals surface area (Å²) in [6.45, 7) is 11.0. The molecular formula is C56H66N6O11. The molecule has 73 heavy (non-hydrogen) atoms. The summed E-state index contributed by atoms with van der Waals surface area (Å²) >= 11 is 0. The third-order valence-corrected chi connectivity index (χ3v) is 13.2. The van der Waals surface area contributed by atoms with Gasteiger partial charge in [0.25, 0.3) is 0 Å². The van der Waals surface area contributed by atoms with Gasteiger partial charge in [0.05, 0.1) is 51.1 Å². The van der Waals surface area contributed by atoms with Gasteiger partial charge in [-0.1, -0.05) is 135 Å². The van der Waals surface area contributed by atoms with E-state index in [9.17, 15) is 14.4 Å². The zero-order valence-electron chi connectivity index (χ0n) is 42.0. The quantitative estimate of drug-likeness (QED) is 0.0613. The zero-order valence-corrected chi connectivity index (χ0v) is 42.0. The minimum atomic E-state index is -1.43. The van der Waals surface area contributed by atoms with Gasteiger partial charge in [0, 0.05) is 12.3 Å². The molecule has 2 aromatic heterocycles. The molecule has 386 valence electrons. The van der Waals surface area contributed by atoms with Crippen LogP contribution in [0, 0.1) is 11.8 Å². The van der Waals surface area contributed by atoms with Gasteiger partial charge in [-0.3, -0.25) is 14.7 Å². The first-order valence-electron chi connectivity index (χ1n) is 25.0. The molecular weight excluding hydrogens is 933 g/mol. The number of anilines is 1. The highest BCUT2D eigenvalue weighted by atomic mass is 16.7. The molecule has 0 spiro atoms. The van der Waals surface area contributed by atoms with Crippen molar-refractivity contribution in [2.45, 2.75) is 135 Å². The standard InChI is InChI=1S/C56H66N6O11/c1-36-28-45(66-30-41-18-10-6-11-19-41)55(73-39(36)4)71-38(3)26-27-46(63)72-40(5)47(54(64)70-33-44-24-16-9-17-25-44)60-56(65)61-51-48-52(58-34-57-51)62(35-59-48)53-50(68-32-43-22-14-8-15-23-43)49(37(2)29-69-53)67-31-42-20-12-7-13-21-42/h6-25,34-40,45,47,49-50,53,55H,26-33H2,1-5H3,(H2,57,58,60,61,65)/t36-,37-,38-,39?,40-,45?,47+,49+,50?,53-,55-/m1/s1. The van der Waals surface area contributed by atoms with Gasteiger partial charge in [-0.15, -0.1) is 0 Å². The molecule has 4 heterocycles. The molecule has 2 fully saturated rings. The number of urea groups is 1. The van der Waals surface area contributed by atoms with E-state index in [1.54, 1.807) is 23.0 Å². The number of imidazole rings is 1. The van der Waals surface area contributed by atoms with E-state index in [0.29, 0.717) is 38.5 Å². The second-order valence-corrected chi connectivity index (χ2v) is 18.9. The molecule has 2 N–H and O–H groups in total. The Morgan fingerprint density at radius 3 is 1.90 bits per heavy atom. The number of esters is 2. The number of hydrogen-bond acceptors (Lipinski definition) is 14. The van der Waals surface area contributed by atoms with E-state index in [4.69, 9.17) is 37.9 Å². The van der Waals surface area contributed by atoms with Crippen molar-refractivity contribution in [3.8, 4) is 0 Å². The van der Waals surface area contributed by atoms with Crippen molar-refractivity contribution in [1.82, 2.24) is 24.8 Å². The molecule has 2 aliphatic rings. The Morgan fingerprint density at radius 2 is 1.29 bits per heavy atom. The van der Waals surface area contributed by atoms with Crippen LogP contribution in [-0.2, 0) is 73.9 Å². The summed E-state index contributed by atoms with van der Waals surface area (Å²) in [6.07, 6.45) is -0.372. The highest BCUT2D eigenvalue weighted by molar-refractivity contribution is 5.97. The molecule has 0 radical (unpaired) electrons. The van der Waals surface area contributed by atoms with Crippen molar-refractivity contribution in [3.05, 3.63) is 156 Å². The van der Waals surface area contributed by atoms with Crippen LogP contribution >= 0.6 is 0 Å². The highest BCUT2D eigenvalue weighted by Crippen LogP contribution is 2.35. The van der Waals surface area contributed by atoms with Crippen molar-refractivity contribution < 1.29 is 52.3 Å². The molecule has 6 aromatic rings. The minimum Gasteiger partial charge on any atom is -0.460 e. The number of benzene rings is 4. The van der Waals surface area contributed by atoms with Crippen LogP contribution in [0.4, 0.5) is 10.6 Å². The molecule has 11 atom stereocenters. The van der Waals surface area contributed by atoms with Gasteiger partial charge in [0.15, 0.2) is 35.5 Å². The number of carbonyl (C=O) groups excluding carboxylic acids is 3. The van der Waals surface area contributed by atoms with Crippen LogP contribution in [0.15, 0.2) is 134 Å². The van der Waals surface area contributed by atoms with Gasteiger partial charge in [-0.05, 0) is 61.8 Å². The second-order valence-electron chi connectivity index (χ2n) is 18.9. The molecule has 0 bridgehead atoms. The molecule has 0 saturated carbocycles. The lowest BCUT2D eigenvalue weighted by Gasteiger charge is -2.41. The Bertz CT molecular complexity index is 2660. The third-order valence-electron chi connectivity index (χ3n) is 13.2. The molecule has 17 heteroatoms. The van der Waals surface area contributed by atoms with E-state index in [0.717, 1.165) is 28.7 Å². The van der Waals surface area contributed by atoms with Gasteiger partial charge in [0.1, 0.15) is 31.2 Å². The van der Waals surface area contributed by atoms with Crippen molar-refractivity contribution in [2.75, 3.05) is 11.9 Å². The summed E-state index contributed by atoms with van der Waals surface area (Å²) in [5.41, 5.74) is 4.39. The van der Waals surface area contributed by atoms with E-state index in [-0.39, 0.29) is 54.5 Å². The molecule has 4 aromatic carbocycles. The fraction of sp³-hybridized carbons (Fsp3) is 0.429. The SMILES string of the molecule is CC1O[C@@H](O[C@H](C)CCC(=O)O[C@H](C)[C@H](NC(=O)Nc2ncnc3c2ncn3[C@@H]2OC[C@@H](C)[C@H](OCc3ccccc3)C2OCc2ccccc2)C(=O)OCc2ccccc2)C(OCc2ccccc2)C[C@H]1C. The van der Waals surface area contributed by atoms with Crippen LogP contribution in [0.2, 0.25) is 0 Å².